The van der Waals surface area contributed by atoms with Crippen LogP contribution in [0.1, 0.15) is 55.4 Å². The molecular weight excluding hydrogens is 446 g/mol. The van der Waals surface area contributed by atoms with E-state index in [-0.39, 0.29) is 11.9 Å². The van der Waals surface area contributed by atoms with Gasteiger partial charge in [-0.2, -0.15) is 0 Å². The lowest BCUT2D eigenvalue weighted by molar-refractivity contribution is 0.0473. The zero-order valence-corrected chi connectivity index (χ0v) is 19.9. The molecule has 0 aliphatic carbocycles. The number of hydrogen-bond acceptors (Lipinski definition) is 3. The summed E-state index contributed by atoms with van der Waals surface area (Å²) < 4.78 is 8.44. The number of amides is 2. The van der Waals surface area contributed by atoms with Gasteiger partial charge in [0.15, 0.2) is 0 Å². The molecule has 0 unspecified atom stereocenters. The van der Waals surface area contributed by atoms with Gasteiger partial charge in [0.05, 0.1) is 5.56 Å². The highest BCUT2D eigenvalue weighted by atomic mass is 79.9. The highest BCUT2D eigenvalue weighted by Gasteiger charge is 2.28. The smallest absolute Gasteiger partial charge is 0.407 e. The van der Waals surface area contributed by atoms with Gasteiger partial charge in [-0.05, 0) is 71.7 Å². The Bertz CT molecular complexity index is 938. The summed E-state index contributed by atoms with van der Waals surface area (Å²) >= 11 is 3.52. The Kier molecular flexibility index (Phi) is 6.60. The predicted octanol–water partition coefficient (Wildman–Crippen LogP) is 4.99. The molecule has 0 saturated carbocycles. The van der Waals surface area contributed by atoms with E-state index in [4.69, 9.17) is 4.74 Å². The second kappa shape index (κ2) is 8.84. The second-order valence-electron chi connectivity index (χ2n) is 8.81. The number of alkyl carbamates (subject to hydrolysis) is 1. The Labute approximate surface area is 186 Å². The Morgan fingerprint density at radius 3 is 2.40 bits per heavy atom. The van der Waals surface area contributed by atoms with Crippen LogP contribution >= 0.6 is 15.9 Å². The van der Waals surface area contributed by atoms with Gasteiger partial charge >= 0.3 is 6.09 Å². The molecule has 1 aliphatic rings. The first-order valence-electron chi connectivity index (χ1n) is 10.3. The topological polar surface area (TPSA) is 63.6 Å². The maximum atomic E-state index is 13.2. The molecule has 1 aromatic heterocycles. The number of benzene rings is 1. The van der Waals surface area contributed by atoms with E-state index in [1.165, 1.54) is 0 Å². The van der Waals surface area contributed by atoms with E-state index < -0.39 is 11.7 Å². The molecule has 1 fully saturated rings. The average molecular weight is 476 g/mol. The van der Waals surface area contributed by atoms with Gasteiger partial charge in [0.1, 0.15) is 5.60 Å². The van der Waals surface area contributed by atoms with E-state index in [0.717, 1.165) is 40.0 Å². The first kappa shape index (κ1) is 22.4. The number of aromatic nitrogens is 1. The number of carbonyl (C=O) groups is 2. The summed E-state index contributed by atoms with van der Waals surface area (Å²) in [6.07, 6.45) is 1.04. The van der Waals surface area contributed by atoms with E-state index in [1.54, 1.807) is 0 Å². The normalized spacial score (nSPS) is 15.2. The van der Waals surface area contributed by atoms with Crippen molar-refractivity contribution in [1.82, 2.24) is 14.8 Å². The molecule has 0 atom stereocenters. The summed E-state index contributed by atoms with van der Waals surface area (Å²) in [4.78, 5) is 27.1. The number of carbonyl (C=O) groups excluding carboxylic acids is 2. The summed E-state index contributed by atoms with van der Waals surface area (Å²) in [5.74, 6) is 0.0417. The number of nitrogens with one attached hydrogen (secondary N) is 1. The van der Waals surface area contributed by atoms with Crippen LogP contribution in [0.15, 0.2) is 34.8 Å². The fourth-order valence-corrected chi connectivity index (χ4v) is 4.25. The van der Waals surface area contributed by atoms with Crippen LogP contribution in [-0.4, -0.2) is 46.2 Å². The lowest BCUT2D eigenvalue weighted by Crippen LogP contribution is -2.47. The highest BCUT2D eigenvalue weighted by Crippen LogP contribution is 2.25. The predicted molar refractivity (Wildman–Crippen MR) is 121 cm³/mol. The average Bonchev–Trinajstić information content (AvgIpc) is 2.94. The van der Waals surface area contributed by atoms with Crippen molar-refractivity contribution in [1.29, 1.82) is 0 Å². The third-order valence-electron chi connectivity index (χ3n) is 5.23. The van der Waals surface area contributed by atoms with Crippen molar-refractivity contribution in [2.45, 2.75) is 59.1 Å². The van der Waals surface area contributed by atoms with Crippen molar-refractivity contribution in [3.8, 4) is 5.69 Å². The maximum absolute atomic E-state index is 13.2. The van der Waals surface area contributed by atoms with Gasteiger partial charge in [0, 0.05) is 40.7 Å². The third-order valence-corrected chi connectivity index (χ3v) is 5.72. The zero-order valence-electron chi connectivity index (χ0n) is 18.3. The molecule has 2 heterocycles. The van der Waals surface area contributed by atoms with Crippen molar-refractivity contribution in [2.24, 2.45) is 0 Å². The molecule has 1 aromatic carbocycles. The molecule has 3 rings (SSSR count). The van der Waals surface area contributed by atoms with Crippen molar-refractivity contribution < 1.29 is 14.3 Å². The molecule has 1 aliphatic heterocycles. The van der Waals surface area contributed by atoms with Crippen molar-refractivity contribution in [3.63, 3.8) is 0 Å². The summed E-state index contributed by atoms with van der Waals surface area (Å²) in [5.41, 5.74) is 3.20. The number of halogens is 1. The minimum Gasteiger partial charge on any atom is -0.444 e. The van der Waals surface area contributed by atoms with E-state index in [9.17, 15) is 9.59 Å². The highest BCUT2D eigenvalue weighted by molar-refractivity contribution is 9.10. The van der Waals surface area contributed by atoms with E-state index >= 15 is 0 Å². The van der Waals surface area contributed by atoms with Crippen molar-refractivity contribution in [2.75, 3.05) is 13.1 Å². The second-order valence-corrected chi connectivity index (χ2v) is 9.73. The molecule has 2 amide bonds. The van der Waals surface area contributed by atoms with Crippen molar-refractivity contribution in [3.05, 3.63) is 51.8 Å². The number of nitrogens with zero attached hydrogens (tertiary/aromatic N) is 2. The Morgan fingerprint density at radius 1 is 1.13 bits per heavy atom. The van der Waals surface area contributed by atoms with Crippen LogP contribution in [0.2, 0.25) is 0 Å². The van der Waals surface area contributed by atoms with Crippen LogP contribution in [-0.2, 0) is 4.74 Å². The van der Waals surface area contributed by atoms with E-state index in [2.05, 4.69) is 25.8 Å². The lowest BCUT2D eigenvalue weighted by atomic mass is 10.0. The Hall–Kier alpha value is -2.28. The van der Waals surface area contributed by atoms with Crippen LogP contribution in [0, 0.1) is 13.8 Å². The van der Waals surface area contributed by atoms with Gasteiger partial charge in [-0.15, -0.1) is 0 Å². The minimum atomic E-state index is -0.516. The minimum absolute atomic E-state index is 0.0259. The molecule has 7 heteroatoms. The number of likely N-dealkylation sites (tertiary alicyclic amines) is 1. The van der Waals surface area contributed by atoms with Gasteiger partial charge in [-0.3, -0.25) is 4.79 Å². The molecule has 0 bridgehead atoms. The first-order chi connectivity index (χ1) is 14.0. The van der Waals surface area contributed by atoms with Crippen molar-refractivity contribution >= 4 is 27.9 Å². The number of ether oxygens (including phenoxy) is 1. The van der Waals surface area contributed by atoms with Gasteiger partial charge in [0.2, 0.25) is 0 Å². The fourth-order valence-electron chi connectivity index (χ4n) is 3.86. The summed E-state index contributed by atoms with van der Waals surface area (Å²) in [5, 5.41) is 2.92. The van der Waals surface area contributed by atoms with Gasteiger partial charge in [-0.25, -0.2) is 4.79 Å². The quantitative estimate of drug-likeness (QED) is 0.679. The largest absolute Gasteiger partial charge is 0.444 e. The van der Waals surface area contributed by atoms with E-state index in [1.807, 2.05) is 69.9 Å². The molecule has 6 nitrogen and oxygen atoms in total. The number of rotatable bonds is 3. The van der Waals surface area contributed by atoms with Gasteiger partial charge in [0.25, 0.3) is 5.91 Å². The molecule has 0 spiro atoms. The number of piperidine rings is 1. The van der Waals surface area contributed by atoms with Crippen LogP contribution in [0.4, 0.5) is 4.79 Å². The molecule has 30 heavy (non-hydrogen) atoms. The zero-order chi connectivity index (χ0) is 22.1. The Balaban J connectivity index is 1.66. The first-order valence-corrected chi connectivity index (χ1v) is 11.1. The van der Waals surface area contributed by atoms with Crippen LogP contribution in [0.25, 0.3) is 5.69 Å². The molecule has 1 N–H and O–H groups in total. The SMILES string of the molecule is Cc1cc(C(=O)N2CCC(NC(=O)OC(C)(C)C)CC2)c(C)n1-c1cccc(Br)c1. The van der Waals surface area contributed by atoms with Gasteiger partial charge < -0.3 is 19.5 Å². The fraction of sp³-hybridized carbons (Fsp3) is 0.478. The summed E-state index contributed by atoms with van der Waals surface area (Å²) in [6.45, 7) is 10.8. The standard InChI is InChI=1S/C23H30BrN3O3/c1-15-13-20(16(2)27(15)19-8-6-7-17(24)14-19)21(28)26-11-9-18(10-12-26)25-22(29)30-23(3,4)5/h6-8,13-14,18H,9-12H2,1-5H3,(H,25,29). The van der Waals surface area contributed by atoms with Crippen LogP contribution < -0.4 is 5.32 Å². The van der Waals surface area contributed by atoms with Gasteiger partial charge in [-0.1, -0.05) is 22.0 Å². The molecule has 1 saturated heterocycles. The Morgan fingerprint density at radius 2 is 1.80 bits per heavy atom. The molecular formula is C23H30BrN3O3. The number of hydrogen-bond donors (Lipinski definition) is 1. The maximum Gasteiger partial charge on any atom is 0.407 e. The molecule has 0 radical (unpaired) electrons. The van der Waals surface area contributed by atoms with Crippen LogP contribution in [0.5, 0.6) is 0 Å². The number of aryl methyl sites for hydroxylation is 1. The third kappa shape index (κ3) is 5.25. The van der Waals surface area contributed by atoms with E-state index in [0.29, 0.717) is 13.1 Å². The summed E-state index contributed by atoms with van der Waals surface area (Å²) in [6, 6.07) is 10.0. The monoisotopic (exact) mass is 475 g/mol. The molecule has 2 aromatic rings. The lowest BCUT2D eigenvalue weighted by Gasteiger charge is -2.33. The molecule has 162 valence electrons. The summed E-state index contributed by atoms with van der Waals surface area (Å²) in [7, 11) is 0. The van der Waals surface area contributed by atoms with Crippen LogP contribution in [0.3, 0.4) is 0 Å².